The summed E-state index contributed by atoms with van der Waals surface area (Å²) >= 11 is 0. The van der Waals surface area contributed by atoms with Crippen molar-refractivity contribution in [1.29, 1.82) is 0 Å². The first-order valence-corrected chi connectivity index (χ1v) is 11.0. The molecule has 1 aliphatic heterocycles. The van der Waals surface area contributed by atoms with Gasteiger partial charge in [-0.15, -0.1) is 5.10 Å². The molecule has 1 aromatic carbocycles. The molecule has 160 valence electrons. The van der Waals surface area contributed by atoms with Gasteiger partial charge in [-0.05, 0) is 86.5 Å². The van der Waals surface area contributed by atoms with Crippen LogP contribution in [0.25, 0.3) is 10.9 Å². The normalized spacial score (nSPS) is 19.3. The number of hydrogen-bond acceptors (Lipinski definition) is 5. The molecule has 1 saturated heterocycles. The lowest BCUT2D eigenvalue weighted by Gasteiger charge is -2.37. The molecule has 7 heteroatoms. The van der Waals surface area contributed by atoms with Crippen LogP contribution in [0.5, 0.6) is 0 Å². The maximum absolute atomic E-state index is 13.2. The average Bonchev–Trinajstić information content (AvgIpc) is 3.19. The molecule has 1 N–H and O–H groups in total. The molecule has 3 aromatic rings. The number of pyridine rings is 1. The molecular weight excluding hydrogens is 376 g/mol. The smallest absolute Gasteiger partial charge is 0.253 e. The summed E-state index contributed by atoms with van der Waals surface area (Å²) in [6.07, 6.45) is 3.21. The average molecular weight is 409 g/mol. The number of nitrogens with one attached hydrogen (secondary N) is 1. The summed E-state index contributed by atoms with van der Waals surface area (Å²) in [6, 6.07) is 7.86. The van der Waals surface area contributed by atoms with E-state index in [1.807, 2.05) is 22.9 Å². The number of likely N-dealkylation sites (tertiary alicyclic amines) is 1. The van der Waals surface area contributed by atoms with E-state index in [-0.39, 0.29) is 17.1 Å². The van der Waals surface area contributed by atoms with E-state index in [1.54, 1.807) is 0 Å². The lowest BCUT2D eigenvalue weighted by Crippen LogP contribution is -2.42. The Balaban J connectivity index is 1.91. The Hall–Kier alpha value is -2.54. The van der Waals surface area contributed by atoms with Crippen LogP contribution in [0.3, 0.4) is 0 Å². The number of hydrogen-bond donors (Lipinski definition) is 1. The van der Waals surface area contributed by atoms with Crippen molar-refractivity contribution >= 4 is 10.9 Å². The molecule has 0 saturated carbocycles. The molecule has 3 heterocycles. The van der Waals surface area contributed by atoms with E-state index in [4.69, 9.17) is 0 Å². The van der Waals surface area contributed by atoms with E-state index < -0.39 is 0 Å². The van der Waals surface area contributed by atoms with Gasteiger partial charge in [0.1, 0.15) is 6.04 Å². The third kappa shape index (κ3) is 3.78. The lowest BCUT2D eigenvalue weighted by molar-refractivity contribution is 0.135. The van der Waals surface area contributed by atoms with Crippen molar-refractivity contribution in [3.63, 3.8) is 0 Å². The second kappa shape index (κ2) is 7.95. The zero-order valence-corrected chi connectivity index (χ0v) is 18.6. The first-order valence-electron chi connectivity index (χ1n) is 11.0. The Morgan fingerprint density at radius 2 is 2.10 bits per heavy atom. The third-order valence-electron chi connectivity index (χ3n) is 6.55. The van der Waals surface area contributed by atoms with Gasteiger partial charge in [0.15, 0.2) is 5.82 Å². The highest BCUT2D eigenvalue weighted by Crippen LogP contribution is 2.33. The number of benzene rings is 1. The van der Waals surface area contributed by atoms with Crippen LogP contribution in [-0.4, -0.2) is 43.2 Å². The van der Waals surface area contributed by atoms with Gasteiger partial charge >= 0.3 is 0 Å². The van der Waals surface area contributed by atoms with Gasteiger partial charge in [-0.2, -0.15) is 0 Å². The van der Waals surface area contributed by atoms with Crippen molar-refractivity contribution in [3.8, 4) is 0 Å². The van der Waals surface area contributed by atoms with Gasteiger partial charge in [0, 0.05) is 17.6 Å². The van der Waals surface area contributed by atoms with Gasteiger partial charge in [-0.25, -0.2) is 4.68 Å². The van der Waals surface area contributed by atoms with Crippen LogP contribution in [0.1, 0.15) is 70.0 Å². The van der Waals surface area contributed by atoms with Crippen LogP contribution in [-0.2, 0) is 5.54 Å². The molecule has 0 amide bonds. The van der Waals surface area contributed by atoms with Crippen molar-refractivity contribution < 1.29 is 0 Å². The van der Waals surface area contributed by atoms with Crippen molar-refractivity contribution in [2.45, 2.75) is 65.5 Å². The molecule has 0 radical (unpaired) electrons. The number of rotatable bonds is 5. The second-order valence-corrected chi connectivity index (χ2v) is 9.40. The molecule has 0 aliphatic carbocycles. The molecule has 0 bridgehead atoms. The quantitative estimate of drug-likeness (QED) is 0.695. The number of aromatic nitrogens is 5. The largest absolute Gasteiger partial charge is 0.322 e. The zero-order valence-electron chi connectivity index (χ0n) is 18.6. The fourth-order valence-electron chi connectivity index (χ4n) is 4.45. The monoisotopic (exact) mass is 408 g/mol. The third-order valence-corrected chi connectivity index (χ3v) is 6.55. The summed E-state index contributed by atoms with van der Waals surface area (Å²) in [5.74, 6) is 1.32. The first-order chi connectivity index (χ1) is 14.3. The Kier molecular flexibility index (Phi) is 5.49. The predicted octanol–water partition coefficient (Wildman–Crippen LogP) is 3.79. The van der Waals surface area contributed by atoms with Crippen LogP contribution >= 0.6 is 0 Å². The highest BCUT2D eigenvalue weighted by Gasteiger charge is 2.35. The van der Waals surface area contributed by atoms with E-state index in [1.165, 1.54) is 12.0 Å². The summed E-state index contributed by atoms with van der Waals surface area (Å²) < 4.78 is 1.91. The van der Waals surface area contributed by atoms with E-state index >= 15 is 0 Å². The number of aromatic amines is 1. The minimum atomic E-state index is -0.276. The standard InChI is InChI=1S/C23H32N6O/c1-6-23(4,5)29-21(25-26-27-29)20(28-11-7-8-16(3)14-28)18-13-17-12-15(2)9-10-19(17)24-22(18)30/h9-10,12-13,16,20H,6-8,11,14H2,1-5H3,(H,24,30). The summed E-state index contributed by atoms with van der Waals surface area (Å²) in [7, 11) is 0. The fourth-order valence-corrected chi connectivity index (χ4v) is 4.45. The predicted molar refractivity (Wildman–Crippen MR) is 119 cm³/mol. The van der Waals surface area contributed by atoms with Crippen molar-refractivity contribution in [3.05, 3.63) is 51.6 Å². The van der Waals surface area contributed by atoms with Crippen LogP contribution in [0.4, 0.5) is 0 Å². The fraction of sp³-hybridized carbons (Fsp3) is 0.565. The molecule has 30 heavy (non-hydrogen) atoms. The summed E-state index contributed by atoms with van der Waals surface area (Å²) in [5, 5.41) is 13.9. The van der Waals surface area contributed by atoms with Gasteiger partial charge in [0.05, 0.1) is 5.54 Å². The van der Waals surface area contributed by atoms with Crippen LogP contribution in [0, 0.1) is 12.8 Å². The van der Waals surface area contributed by atoms with Crippen LogP contribution in [0.2, 0.25) is 0 Å². The number of H-pyrrole nitrogens is 1. The highest BCUT2D eigenvalue weighted by atomic mass is 16.1. The maximum Gasteiger partial charge on any atom is 0.253 e. The SMILES string of the molecule is CCC(C)(C)n1nnnc1C(c1cc2cc(C)ccc2[nH]c1=O)N1CCCC(C)C1. The molecule has 2 aromatic heterocycles. The van der Waals surface area contributed by atoms with Crippen LogP contribution in [0.15, 0.2) is 29.1 Å². The second-order valence-electron chi connectivity index (χ2n) is 9.40. The number of fused-ring (bicyclic) bond motifs is 1. The minimum Gasteiger partial charge on any atom is -0.322 e. The molecule has 1 aliphatic rings. The summed E-state index contributed by atoms with van der Waals surface area (Å²) in [4.78, 5) is 18.7. The van der Waals surface area contributed by atoms with Gasteiger partial charge in [-0.1, -0.05) is 25.5 Å². The van der Waals surface area contributed by atoms with E-state index in [9.17, 15) is 4.79 Å². The maximum atomic E-state index is 13.2. The number of aryl methyl sites for hydroxylation is 1. The molecule has 1 fully saturated rings. The molecule has 2 atom stereocenters. The van der Waals surface area contributed by atoms with Gasteiger partial charge < -0.3 is 4.98 Å². The lowest BCUT2D eigenvalue weighted by atomic mass is 9.94. The van der Waals surface area contributed by atoms with Crippen molar-refractivity contribution in [2.75, 3.05) is 13.1 Å². The minimum absolute atomic E-state index is 0.0709. The topological polar surface area (TPSA) is 79.7 Å². The molecule has 0 spiro atoms. The van der Waals surface area contributed by atoms with Crippen molar-refractivity contribution in [2.24, 2.45) is 5.92 Å². The van der Waals surface area contributed by atoms with Gasteiger partial charge in [-0.3, -0.25) is 9.69 Å². The van der Waals surface area contributed by atoms with Gasteiger partial charge in [0.25, 0.3) is 5.56 Å². The van der Waals surface area contributed by atoms with E-state index in [0.717, 1.165) is 42.7 Å². The summed E-state index contributed by atoms with van der Waals surface area (Å²) in [5.41, 5.74) is 2.43. The molecule has 4 rings (SSSR count). The Bertz CT molecular complexity index is 1100. The van der Waals surface area contributed by atoms with Crippen LogP contribution < -0.4 is 5.56 Å². The molecule has 7 nitrogen and oxygen atoms in total. The number of nitrogens with zero attached hydrogens (tertiary/aromatic N) is 5. The molecular formula is C23H32N6O. The Morgan fingerprint density at radius 1 is 1.30 bits per heavy atom. The number of piperidine rings is 1. The van der Waals surface area contributed by atoms with E-state index in [2.05, 4.69) is 66.1 Å². The Labute approximate surface area is 177 Å². The first kappa shape index (κ1) is 20.7. The van der Waals surface area contributed by atoms with Gasteiger partial charge in [0.2, 0.25) is 0 Å². The van der Waals surface area contributed by atoms with E-state index in [0.29, 0.717) is 11.5 Å². The zero-order chi connectivity index (χ0) is 21.5. The number of tetrazole rings is 1. The summed E-state index contributed by atoms with van der Waals surface area (Å²) in [6.45, 7) is 12.6. The molecule has 2 unspecified atom stereocenters. The highest BCUT2D eigenvalue weighted by molar-refractivity contribution is 5.79. The Morgan fingerprint density at radius 3 is 2.83 bits per heavy atom. The van der Waals surface area contributed by atoms with Crippen molar-refractivity contribution in [1.82, 2.24) is 30.1 Å².